The van der Waals surface area contributed by atoms with Crippen molar-refractivity contribution in [2.24, 2.45) is 17.4 Å². The first-order chi connectivity index (χ1) is 17.7. The predicted molar refractivity (Wildman–Crippen MR) is 154 cm³/mol. The molecule has 1 fully saturated rings. The van der Waals surface area contributed by atoms with Crippen molar-refractivity contribution in [2.75, 3.05) is 20.2 Å². The van der Waals surface area contributed by atoms with E-state index >= 15 is 0 Å². The third kappa shape index (κ3) is 10.1. The summed E-state index contributed by atoms with van der Waals surface area (Å²) >= 11 is 5.93. The molecule has 8 nitrogen and oxygen atoms in total. The molecule has 2 amide bonds. The van der Waals surface area contributed by atoms with Gasteiger partial charge in [-0.2, -0.15) is 0 Å². The molecule has 0 aromatic heterocycles. The van der Waals surface area contributed by atoms with Crippen LogP contribution in [0.3, 0.4) is 0 Å². The molecule has 0 spiro atoms. The maximum Gasteiger partial charge on any atom is 0.245 e. The van der Waals surface area contributed by atoms with Crippen LogP contribution < -0.4 is 16.8 Å². The third-order valence-corrected chi connectivity index (χ3v) is 6.42. The van der Waals surface area contributed by atoms with Gasteiger partial charge in [0.15, 0.2) is 0 Å². The topological polar surface area (TPSA) is 125 Å². The lowest BCUT2D eigenvalue weighted by Crippen LogP contribution is -2.49. The Morgan fingerprint density at radius 3 is 2.24 bits per heavy atom. The summed E-state index contributed by atoms with van der Waals surface area (Å²) in [5.74, 6) is 0.561. The number of likely N-dealkylation sites (N-methyl/N-ethyl adjacent to an activating group) is 1. The minimum absolute atomic E-state index is 0.0713. The molecule has 1 heterocycles. The first-order valence-electron chi connectivity index (χ1n) is 12.7. The Morgan fingerprint density at radius 2 is 1.86 bits per heavy atom. The van der Waals surface area contributed by atoms with Crippen LogP contribution in [-0.4, -0.2) is 59.5 Å². The van der Waals surface area contributed by atoms with Gasteiger partial charge in [0.25, 0.3) is 0 Å². The maximum atomic E-state index is 12.4. The van der Waals surface area contributed by atoms with Crippen molar-refractivity contribution in [1.82, 2.24) is 15.1 Å². The van der Waals surface area contributed by atoms with Gasteiger partial charge in [0.05, 0.1) is 17.7 Å². The number of rotatable bonds is 10. The number of amides is 2. The Kier molecular flexibility index (Phi) is 16.8. The Balaban J connectivity index is 0.000000665. The molecule has 208 valence electrons. The van der Waals surface area contributed by atoms with Gasteiger partial charge in [0.2, 0.25) is 12.3 Å². The number of aliphatic hydroxyl groups is 1. The van der Waals surface area contributed by atoms with Gasteiger partial charge >= 0.3 is 0 Å². The quantitative estimate of drug-likeness (QED) is 0.266. The molecule has 3 atom stereocenters. The van der Waals surface area contributed by atoms with Crippen LogP contribution in [0.5, 0.6) is 0 Å². The standard InChI is InChI=1S/C13H16ClN3O2.C13H24N2O.C2H6/c14-12(6-16)11(5-15)9-1-3-10(4-2-9)13(7-18)17-8-19;1-6-14(5)12(10(2)3)13(16)15-9-7-8-11(15)4;1-2/h1-6,8,13,18H,7,15-16H2,(H,17,19);6,10-12H,1,7-9H2,2-5H3;1-2H3/b11-5-,12-6+;;. The van der Waals surface area contributed by atoms with E-state index in [1.165, 1.54) is 12.4 Å². The first kappa shape index (κ1) is 34.0. The van der Waals surface area contributed by atoms with Crippen LogP contribution in [0.4, 0.5) is 0 Å². The average molecular weight is 536 g/mol. The summed E-state index contributed by atoms with van der Waals surface area (Å²) in [4.78, 5) is 26.8. The average Bonchev–Trinajstić information content (AvgIpc) is 3.35. The highest BCUT2D eigenvalue weighted by Gasteiger charge is 2.33. The van der Waals surface area contributed by atoms with Crippen molar-refractivity contribution >= 4 is 29.5 Å². The minimum atomic E-state index is -0.433. The van der Waals surface area contributed by atoms with Crippen LogP contribution in [0.15, 0.2) is 54.5 Å². The number of nitrogens with zero attached hydrogens (tertiary/aromatic N) is 2. The molecule has 0 radical (unpaired) electrons. The van der Waals surface area contributed by atoms with E-state index in [-0.39, 0.29) is 18.6 Å². The van der Waals surface area contributed by atoms with Gasteiger partial charge in [-0.15, -0.1) is 0 Å². The normalized spacial score (nSPS) is 17.0. The van der Waals surface area contributed by atoms with Crippen molar-refractivity contribution in [3.63, 3.8) is 0 Å². The van der Waals surface area contributed by atoms with E-state index in [2.05, 4.69) is 32.7 Å². The summed E-state index contributed by atoms with van der Waals surface area (Å²) in [5, 5.41) is 12.0. The van der Waals surface area contributed by atoms with Crippen molar-refractivity contribution in [3.8, 4) is 0 Å². The molecule has 1 aliphatic rings. The number of nitrogens with two attached hydrogens (primary N) is 2. The number of likely N-dealkylation sites (tertiary alicyclic amines) is 1. The lowest BCUT2D eigenvalue weighted by Gasteiger charge is -2.34. The highest BCUT2D eigenvalue weighted by atomic mass is 35.5. The van der Waals surface area contributed by atoms with Gasteiger partial charge in [-0.1, -0.05) is 70.1 Å². The number of carbonyl (C=O) groups excluding carboxylic acids is 2. The summed E-state index contributed by atoms with van der Waals surface area (Å²) in [6.45, 7) is 14.8. The number of allylic oxidation sites excluding steroid dienone is 2. The van der Waals surface area contributed by atoms with E-state index in [1.807, 2.05) is 30.7 Å². The second-order valence-electron chi connectivity index (χ2n) is 8.80. The summed E-state index contributed by atoms with van der Waals surface area (Å²) in [5.41, 5.74) is 13.0. The number of hydrogen-bond donors (Lipinski definition) is 4. The molecule has 0 bridgehead atoms. The monoisotopic (exact) mass is 535 g/mol. The fourth-order valence-electron chi connectivity index (χ4n) is 4.11. The van der Waals surface area contributed by atoms with E-state index in [0.717, 1.165) is 30.5 Å². The van der Waals surface area contributed by atoms with E-state index < -0.39 is 6.04 Å². The largest absolute Gasteiger partial charge is 0.404 e. The summed E-state index contributed by atoms with van der Waals surface area (Å²) in [6.07, 6.45) is 7.19. The van der Waals surface area contributed by atoms with Gasteiger partial charge in [-0.3, -0.25) is 9.59 Å². The smallest absolute Gasteiger partial charge is 0.245 e. The molecule has 1 aliphatic heterocycles. The van der Waals surface area contributed by atoms with Crippen LogP contribution in [0.25, 0.3) is 5.57 Å². The van der Waals surface area contributed by atoms with Crippen LogP contribution in [0.1, 0.15) is 64.6 Å². The number of aliphatic hydroxyl groups excluding tert-OH is 1. The fourth-order valence-corrected chi connectivity index (χ4v) is 4.28. The molecule has 2 rings (SSSR count). The Bertz CT molecular complexity index is 886. The highest BCUT2D eigenvalue weighted by molar-refractivity contribution is 6.36. The van der Waals surface area contributed by atoms with Crippen molar-refractivity contribution in [3.05, 3.63) is 65.6 Å². The SMILES string of the molecule is C=CN(C)C(C(=O)N1CCCC1C)C(C)C.CC.N/C=C(\C(Cl)=C/N)c1ccc(C(CO)NC=O)cc1. The minimum Gasteiger partial charge on any atom is -0.404 e. The number of nitrogens with one attached hydrogen (secondary N) is 1. The number of carbonyl (C=O) groups is 2. The molecular weight excluding hydrogens is 490 g/mol. The summed E-state index contributed by atoms with van der Waals surface area (Å²) in [6, 6.07) is 7.01. The van der Waals surface area contributed by atoms with Crippen LogP contribution >= 0.6 is 11.6 Å². The molecule has 3 unspecified atom stereocenters. The van der Waals surface area contributed by atoms with Gasteiger partial charge in [0, 0.05) is 37.6 Å². The number of halogens is 1. The lowest BCUT2D eigenvalue weighted by molar-refractivity contribution is -0.137. The zero-order valence-corrected chi connectivity index (χ0v) is 23.9. The molecule has 1 aromatic carbocycles. The lowest BCUT2D eigenvalue weighted by atomic mass is 10.0. The molecule has 0 aliphatic carbocycles. The summed E-state index contributed by atoms with van der Waals surface area (Å²) < 4.78 is 0. The molecule has 37 heavy (non-hydrogen) atoms. The molecule has 6 N–H and O–H groups in total. The second-order valence-corrected chi connectivity index (χ2v) is 9.20. The van der Waals surface area contributed by atoms with Crippen LogP contribution in [-0.2, 0) is 9.59 Å². The molecule has 1 saturated heterocycles. The van der Waals surface area contributed by atoms with Crippen molar-refractivity contribution in [1.29, 1.82) is 0 Å². The highest BCUT2D eigenvalue weighted by Crippen LogP contribution is 2.26. The van der Waals surface area contributed by atoms with Crippen molar-refractivity contribution < 1.29 is 14.7 Å². The predicted octanol–water partition coefficient (Wildman–Crippen LogP) is 3.93. The van der Waals surface area contributed by atoms with Gasteiger partial charge in [0.1, 0.15) is 6.04 Å². The third-order valence-electron chi connectivity index (χ3n) is 6.09. The Hall–Kier alpha value is -2.97. The van der Waals surface area contributed by atoms with E-state index in [1.54, 1.807) is 30.5 Å². The van der Waals surface area contributed by atoms with Crippen LogP contribution in [0.2, 0.25) is 0 Å². The van der Waals surface area contributed by atoms with Crippen LogP contribution in [0, 0.1) is 5.92 Å². The van der Waals surface area contributed by atoms with Gasteiger partial charge in [-0.25, -0.2) is 0 Å². The van der Waals surface area contributed by atoms with E-state index in [4.69, 9.17) is 28.2 Å². The number of hydrogen-bond acceptors (Lipinski definition) is 6. The fraction of sp³-hybridized carbons (Fsp3) is 0.500. The Labute approximate surface area is 228 Å². The van der Waals surface area contributed by atoms with Gasteiger partial charge < -0.3 is 31.7 Å². The summed E-state index contributed by atoms with van der Waals surface area (Å²) in [7, 11) is 1.93. The first-order valence-corrected chi connectivity index (χ1v) is 13.1. The maximum absolute atomic E-state index is 12.4. The van der Waals surface area contributed by atoms with Gasteiger partial charge in [-0.05, 0) is 43.0 Å². The van der Waals surface area contributed by atoms with E-state index in [0.29, 0.717) is 29.0 Å². The Morgan fingerprint density at radius 1 is 1.27 bits per heavy atom. The second kappa shape index (κ2) is 18.3. The molecule has 0 saturated carbocycles. The zero-order chi connectivity index (χ0) is 28.5. The molecular formula is C28H46ClN5O3. The van der Waals surface area contributed by atoms with E-state index in [9.17, 15) is 9.59 Å². The number of benzene rings is 1. The molecule has 9 heteroatoms. The van der Waals surface area contributed by atoms with Crippen molar-refractivity contribution in [2.45, 2.75) is 65.6 Å². The molecule has 1 aromatic rings. The zero-order valence-electron chi connectivity index (χ0n) is 23.2.